The van der Waals surface area contributed by atoms with E-state index < -0.39 is 0 Å². The third kappa shape index (κ3) is 4.27. The molecule has 1 rings (SSSR count). The van der Waals surface area contributed by atoms with E-state index in [1.165, 1.54) is 5.69 Å². The third-order valence-electron chi connectivity index (χ3n) is 2.78. The average Bonchev–Trinajstić information content (AvgIpc) is 2.28. The number of hydrogen-bond donors (Lipinski definition) is 1. The van der Waals surface area contributed by atoms with Crippen LogP contribution >= 0.6 is 0 Å². The molecular formula is C14H24N2O. The smallest absolute Gasteiger partial charge is 0.120 e. The zero-order chi connectivity index (χ0) is 12.9. The van der Waals surface area contributed by atoms with Crippen LogP contribution in [-0.2, 0) is 0 Å². The van der Waals surface area contributed by atoms with Crippen molar-refractivity contribution in [2.75, 3.05) is 32.1 Å². The van der Waals surface area contributed by atoms with E-state index in [-0.39, 0.29) is 5.54 Å². The van der Waals surface area contributed by atoms with Crippen molar-refractivity contribution in [2.45, 2.75) is 26.3 Å². The Kier molecular flexibility index (Phi) is 4.82. The van der Waals surface area contributed by atoms with Gasteiger partial charge < -0.3 is 15.0 Å². The fourth-order valence-electron chi connectivity index (χ4n) is 2.07. The highest BCUT2D eigenvalue weighted by Gasteiger charge is 2.18. The molecule has 1 aromatic rings. The molecule has 0 saturated heterocycles. The van der Waals surface area contributed by atoms with Gasteiger partial charge in [-0.2, -0.15) is 0 Å². The van der Waals surface area contributed by atoms with E-state index in [0.29, 0.717) is 0 Å². The van der Waals surface area contributed by atoms with Gasteiger partial charge in [0.25, 0.3) is 0 Å². The first kappa shape index (κ1) is 13.8. The predicted molar refractivity (Wildman–Crippen MR) is 74.0 cm³/mol. The second-order valence-corrected chi connectivity index (χ2v) is 4.97. The molecule has 0 saturated carbocycles. The Labute approximate surface area is 105 Å². The first-order valence-corrected chi connectivity index (χ1v) is 6.09. The van der Waals surface area contributed by atoms with Crippen molar-refractivity contribution in [1.82, 2.24) is 5.32 Å². The van der Waals surface area contributed by atoms with Crippen LogP contribution in [0.3, 0.4) is 0 Å². The molecule has 0 aliphatic rings. The SMILES string of the molecule is CCNC(C)(C)CN(C)c1cccc(OC)c1. The summed E-state index contributed by atoms with van der Waals surface area (Å²) in [6, 6.07) is 8.14. The van der Waals surface area contributed by atoms with Crippen molar-refractivity contribution in [1.29, 1.82) is 0 Å². The maximum absolute atomic E-state index is 5.24. The lowest BCUT2D eigenvalue weighted by Crippen LogP contribution is -2.48. The summed E-state index contributed by atoms with van der Waals surface area (Å²) in [5, 5.41) is 3.48. The van der Waals surface area contributed by atoms with Gasteiger partial charge in [0.1, 0.15) is 5.75 Å². The van der Waals surface area contributed by atoms with Crippen LogP contribution < -0.4 is 15.0 Å². The Hall–Kier alpha value is -1.22. The molecule has 0 atom stereocenters. The number of hydrogen-bond acceptors (Lipinski definition) is 3. The number of ether oxygens (including phenoxy) is 1. The second kappa shape index (κ2) is 5.92. The Morgan fingerprint density at radius 2 is 2.06 bits per heavy atom. The molecule has 3 nitrogen and oxygen atoms in total. The molecule has 1 N–H and O–H groups in total. The summed E-state index contributed by atoms with van der Waals surface area (Å²) < 4.78 is 5.24. The first-order valence-electron chi connectivity index (χ1n) is 6.09. The molecule has 17 heavy (non-hydrogen) atoms. The first-order chi connectivity index (χ1) is 7.98. The number of nitrogens with one attached hydrogen (secondary N) is 1. The van der Waals surface area contributed by atoms with E-state index >= 15 is 0 Å². The molecule has 0 aromatic heterocycles. The Balaban J connectivity index is 2.71. The number of nitrogens with zero attached hydrogens (tertiary/aromatic N) is 1. The second-order valence-electron chi connectivity index (χ2n) is 4.97. The highest BCUT2D eigenvalue weighted by molar-refractivity contribution is 5.50. The summed E-state index contributed by atoms with van der Waals surface area (Å²) in [5.41, 5.74) is 1.28. The highest BCUT2D eigenvalue weighted by atomic mass is 16.5. The summed E-state index contributed by atoms with van der Waals surface area (Å²) in [6.45, 7) is 8.50. The molecule has 0 fully saturated rings. The van der Waals surface area contributed by atoms with Crippen molar-refractivity contribution in [2.24, 2.45) is 0 Å². The zero-order valence-corrected chi connectivity index (χ0v) is 11.6. The van der Waals surface area contributed by atoms with Crippen LogP contribution in [-0.4, -0.2) is 32.8 Å². The van der Waals surface area contributed by atoms with Crippen molar-refractivity contribution in [3.63, 3.8) is 0 Å². The van der Waals surface area contributed by atoms with Crippen LogP contribution in [0, 0.1) is 0 Å². The van der Waals surface area contributed by atoms with E-state index in [4.69, 9.17) is 4.74 Å². The number of methoxy groups -OCH3 is 1. The van der Waals surface area contributed by atoms with Crippen molar-refractivity contribution in [3.05, 3.63) is 24.3 Å². The molecule has 0 spiro atoms. The van der Waals surface area contributed by atoms with Crippen LogP contribution in [0.1, 0.15) is 20.8 Å². The normalized spacial score (nSPS) is 11.4. The summed E-state index contributed by atoms with van der Waals surface area (Å²) >= 11 is 0. The number of likely N-dealkylation sites (N-methyl/N-ethyl adjacent to an activating group) is 2. The van der Waals surface area contributed by atoms with Crippen molar-refractivity contribution >= 4 is 5.69 Å². The van der Waals surface area contributed by atoms with Gasteiger partial charge in [-0.1, -0.05) is 13.0 Å². The third-order valence-corrected chi connectivity index (χ3v) is 2.78. The van der Waals surface area contributed by atoms with Gasteiger partial charge in [0.2, 0.25) is 0 Å². The Morgan fingerprint density at radius 1 is 1.35 bits per heavy atom. The average molecular weight is 236 g/mol. The molecule has 96 valence electrons. The van der Waals surface area contributed by atoms with Crippen LogP contribution in [0.25, 0.3) is 0 Å². The number of anilines is 1. The molecular weight excluding hydrogens is 212 g/mol. The summed E-state index contributed by atoms with van der Waals surface area (Å²) in [6.07, 6.45) is 0. The predicted octanol–water partition coefficient (Wildman–Crippen LogP) is 2.52. The van der Waals surface area contributed by atoms with Gasteiger partial charge in [-0.25, -0.2) is 0 Å². The van der Waals surface area contributed by atoms with Crippen molar-refractivity contribution in [3.8, 4) is 5.75 Å². The van der Waals surface area contributed by atoms with Crippen LogP contribution in [0.4, 0.5) is 5.69 Å². The van der Waals surface area contributed by atoms with Crippen LogP contribution in [0.5, 0.6) is 5.75 Å². The monoisotopic (exact) mass is 236 g/mol. The van der Waals surface area contributed by atoms with Gasteiger partial charge in [-0.05, 0) is 32.5 Å². The molecule has 1 aromatic carbocycles. The quantitative estimate of drug-likeness (QED) is 0.821. The van der Waals surface area contributed by atoms with E-state index in [1.54, 1.807) is 7.11 Å². The minimum Gasteiger partial charge on any atom is -0.497 e. The standard InChI is InChI=1S/C14H24N2O/c1-6-15-14(2,3)11-16(4)12-8-7-9-13(10-12)17-5/h7-10,15H,6,11H2,1-5H3. The minimum atomic E-state index is 0.104. The molecule has 0 aliphatic heterocycles. The number of benzene rings is 1. The fourth-order valence-corrected chi connectivity index (χ4v) is 2.07. The highest BCUT2D eigenvalue weighted by Crippen LogP contribution is 2.21. The minimum absolute atomic E-state index is 0.104. The summed E-state index contributed by atoms with van der Waals surface area (Å²) in [4.78, 5) is 2.24. The molecule has 0 aliphatic carbocycles. The Bertz CT molecular complexity index is 350. The Morgan fingerprint density at radius 3 is 2.65 bits per heavy atom. The zero-order valence-electron chi connectivity index (χ0n) is 11.6. The largest absolute Gasteiger partial charge is 0.497 e. The van der Waals surface area contributed by atoms with E-state index in [0.717, 1.165) is 18.8 Å². The number of rotatable bonds is 6. The molecule has 3 heteroatoms. The van der Waals surface area contributed by atoms with Gasteiger partial charge >= 0.3 is 0 Å². The van der Waals surface area contributed by atoms with Gasteiger partial charge in [-0.15, -0.1) is 0 Å². The topological polar surface area (TPSA) is 24.5 Å². The van der Waals surface area contributed by atoms with Gasteiger partial charge in [0, 0.05) is 30.9 Å². The molecule has 0 radical (unpaired) electrons. The lowest BCUT2D eigenvalue weighted by molar-refractivity contribution is 0.401. The van der Waals surface area contributed by atoms with Crippen LogP contribution in [0.2, 0.25) is 0 Å². The maximum Gasteiger partial charge on any atom is 0.120 e. The van der Waals surface area contributed by atoms with Crippen molar-refractivity contribution < 1.29 is 4.74 Å². The van der Waals surface area contributed by atoms with Gasteiger partial charge in [0.15, 0.2) is 0 Å². The molecule has 0 unspecified atom stereocenters. The summed E-state index contributed by atoms with van der Waals surface area (Å²) in [5.74, 6) is 0.899. The van der Waals surface area contributed by atoms with E-state index in [2.05, 4.69) is 50.2 Å². The van der Waals surface area contributed by atoms with Gasteiger partial charge in [0.05, 0.1) is 7.11 Å². The lowest BCUT2D eigenvalue weighted by Gasteiger charge is -2.32. The lowest BCUT2D eigenvalue weighted by atomic mass is 10.0. The van der Waals surface area contributed by atoms with E-state index in [9.17, 15) is 0 Å². The molecule has 0 heterocycles. The van der Waals surface area contributed by atoms with E-state index in [1.807, 2.05) is 12.1 Å². The fraction of sp³-hybridized carbons (Fsp3) is 0.571. The van der Waals surface area contributed by atoms with Crippen LogP contribution in [0.15, 0.2) is 24.3 Å². The van der Waals surface area contributed by atoms with Gasteiger partial charge in [-0.3, -0.25) is 0 Å². The molecule has 0 amide bonds. The maximum atomic E-state index is 5.24. The molecule has 0 bridgehead atoms. The summed E-state index contributed by atoms with van der Waals surface area (Å²) in [7, 11) is 3.80.